The van der Waals surface area contributed by atoms with Crippen molar-refractivity contribution in [3.05, 3.63) is 11.8 Å². The average molecular weight is 146 g/mol. The Morgan fingerprint density at radius 1 is 1.89 bits per heavy atom. The third-order valence-electron chi connectivity index (χ3n) is 0.925. The van der Waals surface area contributed by atoms with Gasteiger partial charge in [0.05, 0.1) is 0 Å². The number of rotatable bonds is 1. The second kappa shape index (κ2) is 2.19. The van der Waals surface area contributed by atoms with Crippen molar-refractivity contribution >= 4 is 22.7 Å². The summed E-state index contributed by atoms with van der Waals surface area (Å²) in [6.07, 6.45) is 1.92. The monoisotopic (exact) mass is 145 g/mol. The van der Waals surface area contributed by atoms with Crippen LogP contribution in [0.2, 0.25) is 0 Å². The van der Waals surface area contributed by atoms with E-state index in [0.717, 1.165) is 0 Å². The fourth-order valence-electron chi connectivity index (χ4n) is 0.538. The minimum absolute atomic E-state index is 0.0417. The Hall–Kier alpha value is -0.830. The predicted octanol–water partition coefficient (Wildman–Crippen LogP) is 0.996. The molecule has 1 rings (SSSR count). The van der Waals surface area contributed by atoms with Gasteiger partial charge in [-0.1, -0.05) is 11.6 Å². The van der Waals surface area contributed by atoms with Crippen LogP contribution in [-0.4, -0.2) is 16.2 Å². The highest BCUT2D eigenvalue weighted by molar-refractivity contribution is 6.66. The number of hydrogen-bond acceptors (Lipinski definition) is 2. The van der Waals surface area contributed by atoms with Gasteiger partial charge in [0, 0.05) is 6.42 Å². The van der Waals surface area contributed by atoms with Crippen LogP contribution in [0.5, 0.6) is 0 Å². The summed E-state index contributed by atoms with van der Waals surface area (Å²) in [4.78, 5) is 13.6. The largest absolute Gasteiger partial charge is 0.477 e. The van der Waals surface area contributed by atoms with Gasteiger partial charge in [0.15, 0.2) is 0 Å². The minimum Gasteiger partial charge on any atom is -0.477 e. The Morgan fingerprint density at radius 2 is 2.56 bits per heavy atom. The molecule has 1 aliphatic heterocycles. The number of carboxylic acid groups (broad SMARTS) is 1. The summed E-state index contributed by atoms with van der Waals surface area (Å²) >= 11 is 5.39. The molecule has 0 radical (unpaired) electrons. The molecule has 48 valence electrons. The van der Waals surface area contributed by atoms with Gasteiger partial charge in [-0.3, -0.25) is 0 Å². The normalized spacial score (nSPS) is 17.0. The molecule has 1 aliphatic rings. The molecule has 0 bridgehead atoms. The van der Waals surface area contributed by atoms with Crippen molar-refractivity contribution in [3.63, 3.8) is 0 Å². The molecule has 0 amide bonds. The van der Waals surface area contributed by atoms with Gasteiger partial charge in [0.2, 0.25) is 0 Å². The van der Waals surface area contributed by atoms with E-state index in [1.54, 1.807) is 0 Å². The van der Waals surface area contributed by atoms with E-state index >= 15 is 0 Å². The van der Waals surface area contributed by atoms with E-state index < -0.39 is 5.97 Å². The van der Waals surface area contributed by atoms with Crippen LogP contribution >= 0.6 is 11.6 Å². The summed E-state index contributed by atoms with van der Waals surface area (Å²) in [7, 11) is 0. The molecule has 0 saturated heterocycles. The Balaban J connectivity index is 2.75. The molecule has 0 aromatic carbocycles. The summed E-state index contributed by atoms with van der Waals surface area (Å²) in [5.41, 5.74) is 0.0417. The van der Waals surface area contributed by atoms with Crippen molar-refractivity contribution in [1.29, 1.82) is 0 Å². The van der Waals surface area contributed by atoms with Crippen LogP contribution in [0, 0.1) is 0 Å². The molecule has 9 heavy (non-hydrogen) atoms. The highest BCUT2D eigenvalue weighted by atomic mass is 35.5. The molecule has 4 heteroatoms. The summed E-state index contributed by atoms with van der Waals surface area (Å²) < 4.78 is 0. The smallest absolute Gasteiger partial charge is 0.354 e. The zero-order valence-electron chi connectivity index (χ0n) is 4.47. The third-order valence-corrected chi connectivity index (χ3v) is 1.16. The number of hydrogen-bond donors (Lipinski definition) is 1. The van der Waals surface area contributed by atoms with Crippen molar-refractivity contribution < 1.29 is 9.90 Å². The van der Waals surface area contributed by atoms with Gasteiger partial charge in [-0.25, -0.2) is 9.79 Å². The number of nitrogens with zero attached hydrogens (tertiary/aromatic N) is 1. The molecule has 0 aromatic heterocycles. The third kappa shape index (κ3) is 1.29. The molecule has 3 nitrogen and oxygen atoms in total. The first-order chi connectivity index (χ1) is 4.20. The lowest BCUT2D eigenvalue weighted by molar-refractivity contribution is -0.132. The van der Waals surface area contributed by atoms with E-state index in [-0.39, 0.29) is 5.70 Å². The average Bonchev–Trinajstić information content (AvgIpc) is 2.14. The lowest BCUT2D eigenvalue weighted by Gasteiger charge is -1.83. The predicted molar refractivity (Wildman–Crippen MR) is 33.6 cm³/mol. The second-order valence-electron chi connectivity index (χ2n) is 1.59. The van der Waals surface area contributed by atoms with Crippen LogP contribution in [-0.2, 0) is 4.79 Å². The molecule has 0 unspecified atom stereocenters. The van der Waals surface area contributed by atoms with E-state index in [1.165, 1.54) is 6.08 Å². The van der Waals surface area contributed by atoms with E-state index in [9.17, 15) is 4.79 Å². The van der Waals surface area contributed by atoms with Gasteiger partial charge >= 0.3 is 5.97 Å². The van der Waals surface area contributed by atoms with Crippen LogP contribution in [0.1, 0.15) is 6.42 Å². The number of carbonyl (C=O) groups is 1. The number of aliphatic imine (C=N–C) groups is 1. The number of carboxylic acids is 1. The summed E-state index contributed by atoms with van der Waals surface area (Å²) in [6, 6.07) is 0. The van der Waals surface area contributed by atoms with E-state index in [0.29, 0.717) is 11.6 Å². The SMILES string of the molecule is O=C(O)C1=CCC(Cl)=N1. The van der Waals surface area contributed by atoms with Crippen molar-refractivity contribution in [2.24, 2.45) is 4.99 Å². The maximum Gasteiger partial charge on any atom is 0.354 e. The van der Waals surface area contributed by atoms with E-state index in [1.807, 2.05) is 0 Å². The molecule has 0 aromatic rings. The van der Waals surface area contributed by atoms with Crippen molar-refractivity contribution in [3.8, 4) is 0 Å². The zero-order chi connectivity index (χ0) is 6.85. The van der Waals surface area contributed by atoms with Crippen LogP contribution in [0.15, 0.2) is 16.8 Å². The molecule has 1 N–H and O–H groups in total. The maximum absolute atomic E-state index is 10.1. The summed E-state index contributed by atoms with van der Waals surface area (Å²) in [6.45, 7) is 0. The number of allylic oxidation sites excluding steroid dienone is 1. The number of halogens is 1. The summed E-state index contributed by atoms with van der Waals surface area (Å²) in [5, 5.41) is 8.64. The molecule has 0 fully saturated rings. The van der Waals surface area contributed by atoms with Gasteiger partial charge in [-0.15, -0.1) is 0 Å². The highest BCUT2D eigenvalue weighted by Crippen LogP contribution is 2.11. The van der Waals surface area contributed by atoms with Crippen LogP contribution in [0.3, 0.4) is 0 Å². The van der Waals surface area contributed by atoms with Gasteiger partial charge in [-0.2, -0.15) is 0 Å². The first-order valence-corrected chi connectivity index (χ1v) is 2.74. The highest BCUT2D eigenvalue weighted by Gasteiger charge is 2.11. The zero-order valence-corrected chi connectivity index (χ0v) is 5.22. The molecular weight excluding hydrogens is 142 g/mol. The lowest BCUT2D eigenvalue weighted by Crippen LogP contribution is -1.94. The van der Waals surface area contributed by atoms with E-state index in [2.05, 4.69) is 4.99 Å². The maximum atomic E-state index is 10.1. The Bertz CT molecular complexity index is 207. The Morgan fingerprint density at radius 3 is 2.78 bits per heavy atom. The first kappa shape index (κ1) is 6.29. The topological polar surface area (TPSA) is 49.7 Å². The Kier molecular flexibility index (Phi) is 1.53. The quantitative estimate of drug-likeness (QED) is 0.598. The second-order valence-corrected chi connectivity index (χ2v) is 2.02. The standard InChI is InChI=1S/C5H4ClNO2/c6-4-2-1-3(7-4)5(8)9/h1H,2H2,(H,8,9). The van der Waals surface area contributed by atoms with Crippen LogP contribution in [0.25, 0.3) is 0 Å². The molecular formula is C5H4ClNO2. The molecule has 0 aliphatic carbocycles. The molecule has 0 atom stereocenters. The van der Waals surface area contributed by atoms with Crippen LogP contribution in [0.4, 0.5) is 0 Å². The van der Waals surface area contributed by atoms with Gasteiger partial charge in [-0.05, 0) is 6.08 Å². The van der Waals surface area contributed by atoms with Gasteiger partial charge in [0.1, 0.15) is 10.9 Å². The van der Waals surface area contributed by atoms with Crippen molar-refractivity contribution in [2.75, 3.05) is 0 Å². The summed E-state index contributed by atoms with van der Waals surface area (Å²) in [5.74, 6) is -1.02. The lowest BCUT2D eigenvalue weighted by atomic mass is 10.4. The first-order valence-electron chi connectivity index (χ1n) is 2.36. The molecule has 0 spiro atoms. The van der Waals surface area contributed by atoms with Crippen molar-refractivity contribution in [1.82, 2.24) is 0 Å². The fourth-order valence-corrected chi connectivity index (χ4v) is 0.706. The molecule has 0 saturated carbocycles. The Labute approximate surface area is 56.7 Å². The van der Waals surface area contributed by atoms with Gasteiger partial charge < -0.3 is 5.11 Å². The minimum atomic E-state index is -1.02. The molecule has 1 heterocycles. The van der Waals surface area contributed by atoms with E-state index in [4.69, 9.17) is 16.7 Å². The number of aliphatic carboxylic acids is 1. The van der Waals surface area contributed by atoms with Gasteiger partial charge in [0.25, 0.3) is 0 Å². The van der Waals surface area contributed by atoms with Crippen LogP contribution < -0.4 is 0 Å². The fraction of sp³-hybridized carbons (Fsp3) is 0.200. The van der Waals surface area contributed by atoms with Crippen molar-refractivity contribution in [2.45, 2.75) is 6.42 Å².